The summed E-state index contributed by atoms with van der Waals surface area (Å²) in [5, 5.41) is 5.23. The van der Waals surface area contributed by atoms with E-state index in [9.17, 15) is 4.79 Å². The number of aromatic nitrogens is 3. The van der Waals surface area contributed by atoms with Gasteiger partial charge in [0.2, 0.25) is 5.69 Å². The maximum Gasteiger partial charge on any atom is 0.437 e. The summed E-state index contributed by atoms with van der Waals surface area (Å²) in [6.07, 6.45) is 3.86. The van der Waals surface area contributed by atoms with Crippen molar-refractivity contribution in [2.75, 3.05) is 14.2 Å². The number of benzene rings is 2. The summed E-state index contributed by atoms with van der Waals surface area (Å²) >= 11 is 1.44. The molecule has 0 aliphatic rings. The molecule has 0 aliphatic heterocycles. The van der Waals surface area contributed by atoms with Crippen LogP contribution in [-0.4, -0.2) is 24.5 Å². The number of methoxy groups -OCH3 is 2. The topological polar surface area (TPSA) is 81.2 Å². The number of aromatic amines is 1. The Morgan fingerprint density at radius 2 is 1.66 bits per heavy atom. The smallest absolute Gasteiger partial charge is 0.437 e. The van der Waals surface area contributed by atoms with Crippen LogP contribution in [0, 0.1) is 0 Å². The molecule has 0 fully saturated rings. The first-order valence-corrected chi connectivity index (χ1v) is 9.62. The highest BCUT2D eigenvalue weighted by molar-refractivity contribution is 7.10. The Kier molecular flexibility index (Phi) is 5.26. The summed E-state index contributed by atoms with van der Waals surface area (Å²) in [7, 11) is 3.24. The predicted molar refractivity (Wildman–Crippen MR) is 110 cm³/mol. The average Bonchev–Trinajstić information content (AvgIpc) is 3.39. The second-order valence-corrected chi connectivity index (χ2v) is 6.93. The van der Waals surface area contributed by atoms with E-state index in [2.05, 4.69) is 10.3 Å². The van der Waals surface area contributed by atoms with E-state index in [1.54, 1.807) is 18.9 Å². The molecule has 29 heavy (non-hydrogen) atoms. The lowest BCUT2D eigenvalue weighted by Crippen LogP contribution is -2.36. The lowest BCUT2D eigenvalue weighted by atomic mass is 10.2. The van der Waals surface area contributed by atoms with Crippen molar-refractivity contribution in [3.05, 3.63) is 74.9 Å². The van der Waals surface area contributed by atoms with Gasteiger partial charge in [0.1, 0.15) is 16.5 Å². The molecule has 0 aliphatic carbocycles. The minimum absolute atomic E-state index is 0.329. The van der Waals surface area contributed by atoms with Gasteiger partial charge in [-0.2, -0.15) is 0 Å². The average molecular weight is 408 g/mol. The van der Waals surface area contributed by atoms with Gasteiger partial charge in [0.15, 0.2) is 5.69 Å². The first-order chi connectivity index (χ1) is 14.2. The van der Waals surface area contributed by atoms with Crippen LogP contribution in [0.4, 0.5) is 0 Å². The molecule has 0 spiro atoms. The number of rotatable bonds is 6. The molecular weight excluding hydrogens is 390 g/mol. The van der Waals surface area contributed by atoms with Crippen LogP contribution in [0.1, 0.15) is 10.6 Å². The van der Waals surface area contributed by atoms with Crippen LogP contribution in [0.5, 0.6) is 11.5 Å². The Balaban J connectivity index is 1.61. The van der Waals surface area contributed by atoms with Crippen molar-refractivity contribution in [1.82, 2.24) is 10.3 Å². The Morgan fingerprint density at radius 3 is 2.31 bits per heavy atom. The summed E-state index contributed by atoms with van der Waals surface area (Å²) < 4.78 is 16.9. The van der Waals surface area contributed by atoms with Crippen LogP contribution in [0.15, 0.2) is 63.2 Å². The fourth-order valence-corrected chi connectivity index (χ4v) is 3.45. The van der Waals surface area contributed by atoms with Gasteiger partial charge < -0.3 is 9.47 Å². The van der Waals surface area contributed by atoms with Gasteiger partial charge in [0.05, 0.1) is 14.2 Å². The largest absolute Gasteiger partial charge is 0.497 e. The van der Waals surface area contributed by atoms with Gasteiger partial charge >= 0.3 is 11.3 Å². The van der Waals surface area contributed by atoms with E-state index in [1.165, 1.54) is 11.3 Å². The van der Waals surface area contributed by atoms with Crippen molar-refractivity contribution in [2.45, 2.75) is 0 Å². The Labute approximate surface area is 170 Å². The SMILES string of the molecule is COc1ccc(/C=C/c2nc(-c3c(=O)o[nH][n+]3-c3ccc(OC)cc3)cs2)cc1. The van der Waals surface area contributed by atoms with Gasteiger partial charge in [-0.1, -0.05) is 18.2 Å². The van der Waals surface area contributed by atoms with Crippen molar-refractivity contribution in [2.24, 2.45) is 0 Å². The quantitative estimate of drug-likeness (QED) is 0.494. The van der Waals surface area contributed by atoms with Crippen molar-refractivity contribution < 1.29 is 18.7 Å². The molecule has 4 rings (SSSR count). The molecule has 2 heterocycles. The first kappa shape index (κ1) is 18.7. The molecule has 7 nitrogen and oxygen atoms in total. The summed E-state index contributed by atoms with van der Waals surface area (Å²) in [6.45, 7) is 0. The summed E-state index contributed by atoms with van der Waals surface area (Å²) in [4.78, 5) is 16.8. The Morgan fingerprint density at radius 1 is 1.00 bits per heavy atom. The van der Waals surface area contributed by atoms with Crippen molar-refractivity contribution in [1.29, 1.82) is 0 Å². The molecule has 0 saturated carbocycles. The molecule has 0 bridgehead atoms. The van der Waals surface area contributed by atoms with Crippen LogP contribution >= 0.6 is 11.3 Å². The number of ether oxygens (including phenoxy) is 2. The monoisotopic (exact) mass is 408 g/mol. The van der Waals surface area contributed by atoms with Crippen LogP contribution in [0.25, 0.3) is 29.2 Å². The number of nitrogens with zero attached hydrogens (tertiary/aromatic N) is 2. The van der Waals surface area contributed by atoms with Crippen LogP contribution in [-0.2, 0) is 0 Å². The number of H-pyrrole nitrogens is 1. The predicted octanol–water partition coefficient (Wildman–Crippen LogP) is 3.56. The number of thiazole rings is 1. The number of nitrogens with one attached hydrogen (secondary N) is 1. The zero-order valence-electron chi connectivity index (χ0n) is 15.8. The minimum atomic E-state index is -0.489. The fourth-order valence-electron chi connectivity index (χ4n) is 2.76. The molecule has 1 N–H and O–H groups in total. The number of hydrogen-bond donors (Lipinski definition) is 1. The minimum Gasteiger partial charge on any atom is -0.497 e. The molecule has 0 saturated heterocycles. The van der Waals surface area contributed by atoms with Crippen molar-refractivity contribution >= 4 is 23.5 Å². The van der Waals surface area contributed by atoms with Gasteiger partial charge in [0.25, 0.3) is 0 Å². The zero-order valence-corrected chi connectivity index (χ0v) is 16.6. The zero-order chi connectivity index (χ0) is 20.2. The van der Waals surface area contributed by atoms with E-state index in [0.29, 0.717) is 11.4 Å². The van der Waals surface area contributed by atoms with E-state index in [1.807, 2.05) is 66.1 Å². The Bertz CT molecular complexity index is 1190. The Hall–Kier alpha value is -3.65. The number of hydrogen-bond acceptors (Lipinski definition) is 6. The molecular formula is C21H18N3O4S+. The maximum absolute atomic E-state index is 12.3. The first-order valence-electron chi connectivity index (χ1n) is 8.74. The second kappa shape index (κ2) is 8.15. The molecule has 0 radical (unpaired) electrons. The van der Waals surface area contributed by atoms with Crippen LogP contribution in [0.2, 0.25) is 0 Å². The van der Waals surface area contributed by atoms with E-state index in [0.717, 1.165) is 27.8 Å². The van der Waals surface area contributed by atoms with Crippen LogP contribution < -0.4 is 19.8 Å². The second-order valence-electron chi connectivity index (χ2n) is 6.04. The third-order valence-electron chi connectivity index (χ3n) is 4.28. The third kappa shape index (κ3) is 3.97. The fraction of sp³-hybridized carbons (Fsp3) is 0.0952. The van der Waals surface area contributed by atoms with E-state index < -0.39 is 5.63 Å². The summed E-state index contributed by atoms with van der Waals surface area (Å²) in [6, 6.07) is 15.0. The lowest BCUT2D eigenvalue weighted by Gasteiger charge is -1.98. The molecule has 0 amide bonds. The standard InChI is InChI=1S/C21H17N3O4S/c1-26-16-8-3-14(4-9-16)5-12-19-22-18(13-29-19)20-21(25)28-23-24(20)15-6-10-17(27-2)11-7-15/h3-13H,1-2H3/p+1/b12-5+. The van der Waals surface area contributed by atoms with E-state index >= 15 is 0 Å². The van der Waals surface area contributed by atoms with Crippen molar-refractivity contribution in [3.63, 3.8) is 0 Å². The third-order valence-corrected chi connectivity index (χ3v) is 5.09. The summed E-state index contributed by atoms with van der Waals surface area (Å²) in [5.74, 6) is 1.53. The molecule has 4 aromatic rings. The van der Waals surface area contributed by atoms with Crippen LogP contribution in [0.3, 0.4) is 0 Å². The molecule has 2 aromatic heterocycles. The van der Waals surface area contributed by atoms with Gasteiger partial charge in [0, 0.05) is 17.5 Å². The maximum atomic E-state index is 12.3. The lowest BCUT2D eigenvalue weighted by molar-refractivity contribution is -0.660. The normalized spacial score (nSPS) is 11.1. The van der Waals surface area contributed by atoms with E-state index in [-0.39, 0.29) is 0 Å². The highest BCUT2D eigenvalue weighted by atomic mass is 32.1. The molecule has 0 atom stereocenters. The van der Waals surface area contributed by atoms with E-state index in [4.69, 9.17) is 14.0 Å². The molecule has 2 aromatic carbocycles. The van der Waals surface area contributed by atoms with Gasteiger partial charge in [-0.3, -0.25) is 4.52 Å². The van der Waals surface area contributed by atoms with Gasteiger partial charge in [-0.05, 0) is 45.9 Å². The van der Waals surface area contributed by atoms with Gasteiger partial charge in [-0.15, -0.1) is 11.3 Å². The van der Waals surface area contributed by atoms with Crippen molar-refractivity contribution in [3.8, 4) is 28.6 Å². The highest BCUT2D eigenvalue weighted by Crippen LogP contribution is 2.21. The summed E-state index contributed by atoms with van der Waals surface area (Å²) in [5.41, 5.74) is 2.13. The van der Waals surface area contributed by atoms with Gasteiger partial charge in [-0.25, -0.2) is 9.78 Å². The molecule has 8 heteroatoms. The molecule has 0 unspecified atom stereocenters. The molecule has 146 valence electrons. The highest BCUT2D eigenvalue weighted by Gasteiger charge is 2.27.